The Morgan fingerprint density at radius 3 is 2.94 bits per heavy atom. The predicted molar refractivity (Wildman–Crippen MR) is 68.7 cm³/mol. The number of likely N-dealkylation sites (tertiary alicyclic amines) is 1. The van der Waals surface area contributed by atoms with Crippen LogP contribution in [0.25, 0.3) is 0 Å². The van der Waals surface area contributed by atoms with Crippen molar-refractivity contribution in [1.29, 1.82) is 0 Å². The van der Waals surface area contributed by atoms with Crippen molar-refractivity contribution >= 4 is 17.3 Å². The van der Waals surface area contributed by atoms with Gasteiger partial charge in [-0.2, -0.15) is 0 Å². The van der Waals surface area contributed by atoms with Gasteiger partial charge < -0.3 is 9.84 Å². The van der Waals surface area contributed by atoms with Gasteiger partial charge in [0.05, 0.1) is 11.6 Å². The number of carboxylic acid groups (broad SMARTS) is 1. The van der Waals surface area contributed by atoms with Crippen molar-refractivity contribution in [2.24, 2.45) is 0 Å². The monoisotopic (exact) mass is 270 g/mol. The summed E-state index contributed by atoms with van der Waals surface area (Å²) in [5, 5.41) is 8.57. The Morgan fingerprint density at radius 1 is 1.67 bits per heavy atom. The van der Waals surface area contributed by atoms with Crippen molar-refractivity contribution in [3.8, 4) is 0 Å². The standard InChI is InChI=1S/C12H18N2O3S/c1-9(11-6-13-8-18-11)14-4-2-10(3-5-14)17-7-12(15)16/h6,8-10H,2-5,7H2,1H3,(H,15,16). The van der Waals surface area contributed by atoms with E-state index in [-0.39, 0.29) is 12.7 Å². The average Bonchev–Trinajstić information content (AvgIpc) is 2.90. The van der Waals surface area contributed by atoms with Crippen LogP contribution >= 0.6 is 11.3 Å². The second-order valence-electron chi connectivity index (χ2n) is 4.52. The molecule has 1 atom stereocenters. The van der Waals surface area contributed by atoms with Crippen LogP contribution in [-0.2, 0) is 9.53 Å². The molecule has 0 amide bonds. The van der Waals surface area contributed by atoms with Crippen molar-refractivity contribution in [3.05, 3.63) is 16.6 Å². The van der Waals surface area contributed by atoms with Gasteiger partial charge in [0.2, 0.25) is 0 Å². The average molecular weight is 270 g/mol. The zero-order valence-electron chi connectivity index (χ0n) is 10.4. The Labute approximate surface area is 110 Å². The minimum Gasteiger partial charge on any atom is -0.480 e. The van der Waals surface area contributed by atoms with E-state index in [0.717, 1.165) is 25.9 Å². The maximum Gasteiger partial charge on any atom is 0.329 e. The summed E-state index contributed by atoms with van der Waals surface area (Å²) < 4.78 is 5.33. The summed E-state index contributed by atoms with van der Waals surface area (Å²) in [7, 11) is 0. The minimum absolute atomic E-state index is 0.0889. The predicted octanol–water partition coefficient (Wildman–Crippen LogP) is 1.77. The van der Waals surface area contributed by atoms with Gasteiger partial charge in [-0.25, -0.2) is 4.79 Å². The van der Waals surface area contributed by atoms with E-state index in [1.54, 1.807) is 11.3 Å². The number of piperidine rings is 1. The first-order chi connectivity index (χ1) is 8.66. The molecular formula is C12H18N2O3S. The van der Waals surface area contributed by atoms with E-state index in [1.165, 1.54) is 4.88 Å². The molecule has 1 aliphatic heterocycles. The molecule has 1 fully saturated rings. The van der Waals surface area contributed by atoms with Gasteiger partial charge >= 0.3 is 5.97 Å². The van der Waals surface area contributed by atoms with E-state index >= 15 is 0 Å². The molecule has 1 aromatic rings. The second kappa shape index (κ2) is 6.26. The number of rotatable bonds is 5. The van der Waals surface area contributed by atoms with Crippen LogP contribution in [0, 0.1) is 0 Å². The molecule has 0 saturated carbocycles. The number of thiazole rings is 1. The summed E-state index contributed by atoms with van der Waals surface area (Å²) in [5.74, 6) is -0.893. The molecular weight excluding hydrogens is 252 g/mol. The molecule has 1 N–H and O–H groups in total. The molecule has 6 heteroatoms. The molecule has 18 heavy (non-hydrogen) atoms. The highest BCUT2D eigenvalue weighted by molar-refractivity contribution is 7.09. The van der Waals surface area contributed by atoms with Crippen molar-refractivity contribution in [2.75, 3.05) is 19.7 Å². The van der Waals surface area contributed by atoms with Crippen LogP contribution < -0.4 is 0 Å². The highest BCUT2D eigenvalue weighted by Crippen LogP contribution is 2.27. The molecule has 0 aromatic carbocycles. The Balaban J connectivity index is 1.78. The lowest BCUT2D eigenvalue weighted by Gasteiger charge is -2.35. The van der Waals surface area contributed by atoms with Crippen LogP contribution in [0.15, 0.2) is 11.7 Å². The second-order valence-corrected chi connectivity index (χ2v) is 5.44. The van der Waals surface area contributed by atoms with Gasteiger partial charge in [0.25, 0.3) is 0 Å². The fraction of sp³-hybridized carbons (Fsp3) is 0.667. The van der Waals surface area contributed by atoms with Crippen LogP contribution in [0.3, 0.4) is 0 Å². The molecule has 1 aromatic heterocycles. The van der Waals surface area contributed by atoms with Crippen molar-refractivity contribution in [3.63, 3.8) is 0 Å². The van der Waals surface area contributed by atoms with E-state index in [4.69, 9.17) is 9.84 Å². The summed E-state index contributed by atoms with van der Waals surface area (Å²) in [6.07, 6.45) is 3.81. The third kappa shape index (κ3) is 3.51. The number of ether oxygens (including phenoxy) is 1. The number of hydrogen-bond acceptors (Lipinski definition) is 5. The van der Waals surface area contributed by atoms with Gasteiger partial charge in [0, 0.05) is 30.2 Å². The maximum atomic E-state index is 10.4. The summed E-state index contributed by atoms with van der Waals surface area (Å²) >= 11 is 1.68. The number of hydrogen-bond donors (Lipinski definition) is 1. The number of aliphatic carboxylic acids is 1. The fourth-order valence-electron chi connectivity index (χ4n) is 2.23. The van der Waals surface area contributed by atoms with Gasteiger partial charge in [-0.3, -0.25) is 9.88 Å². The van der Waals surface area contributed by atoms with Gasteiger partial charge in [-0.1, -0.05) is 0 Å². The summed E-state index contributed by atoms with van der Waals surface area (Å²) in [5.41, 5.74) is 1.86. The van der Waals surface area contributed by atoms with Crippen LogP contribution in [0.4, 0.5) is 0 Å². The molecule has 1 aliphatic rings. The number of carboxylic acids is 1. The zero-order chi connectivity index (χ0) is 13.0. The lowest BCUT2D eigenvalue weighted by atomic mass is 10.1. The number of carbonyl (C=O) groups is 1. The topological polar surface area (TPSA) is 62.7 Å². The summed E-state index contributed by atoms with van der Waals surface area (Å²) in [4.78, 5) is 18.2. The molecule has 1 unspecified atom stereocenters. The number of nitrogens with zero attached hydrogens (tertiary/aromatic N) is 2. The van der Waals surface area contributed by atoms with Crippen molar-refractivity contribution in [1.82, 2.24) is 9.88 Å². The van der Waals surface area contributed by atoms with Gasteiger partial charge in [0.15, 0.2) is 0 Å². The molecule has 5 nitrogen and oxygen atoms in total. The molecule has 0 bridgehead atoms. The van der Waals surface area contributed by atoms with Crippen molar-refractivity contribution < 1.29 is 14.6 Å². The maximum absolute atomic E-state index is 10.4. The normalized spacial score (nSPS) is 19.8. The Hall–Kier alpha value is -0.980. The van der Waals surface area contributed by atoms with Crippen LogP contribution in [0.2, 0.25) is 0 Å². The van der Waals surface area contributed by atoms with E-state index < -0.39 is 5.97 Å². The Morgan fingerprint density at radius 2 is 2.39 bits per heavy atom. The molecule has 0 radical (unpaired) electrons. The Bertz CT molecular complexity index is 375. The molecule has 2 rings (SSSR count). The third-order valence-electron chi connectivity index (χ3n) is 3.33. The smallest absolute Gasteiger partial charge is 0.329 e. The highest BCUT2D eigenvalue weighted by Gasteiger charge is 2.24. The van der Waals surface area contributed by atoms with E-state index in [2.05, 4.69) is 16.8 Å². The van der Waals surface area contributed by atoms with E-state index in [1.807, 2.05) is 11.7 Å². The fourth-order valence-corrected chi connectivity index (χ4v) is 2.94. The van der Waals surface area contributed by atoms with Crippen LogP contribution in [0.5, 0.6) is 0 Å². The molecule has 1 saturated heterocycles. The molecule has 0 spiro atoms. The van der Waals surface area contributed by atoms with Gasteiger partial charge in [0.1, 0.15) is 6.61 Å². The van der Waals surface area contributed by atoms with Gasteiger partial charge in [-0.15, -0.1) is 11.3 Å². The molecule has 0 aliphatic carbocycles. The lowest BCUT2D eigenvalue weighted by molar-refractivity contribution is -0.145. The summed E-state index contributed by atoms with van der Waals surface area (Å²) in [6, 6.07) is 0.387. The van der Waals surface area contributed by atoms with Crippen molar-refractivity contribution in [2.45, 2.75) is 31.9 Å². The summed E-state index contributed by atoms with van der Waals surface area (Å²) in [6.45, 7) is 3.90. The van der Waals surface area contributed by atoms with Gasteiger partial charge in [-0.05, 0) is 19.8 Å². The first-order valence-corrected chi connectivity index (χ1v) is 7.00. The quantitative estimate of drug-likeness (QED) is 0.883. The number of aromatic nitrogens is 1. The highest BCUT2D eigenvalue weighted by atomic mass is 32.1. The van der Waals surface area contributed by atoms with E-state index in [0.29, 0.717) is 6.04 Å². The zero-order valence-corrected chi connectivity index (χ0v) is 11.2. The molecule has 100 valence electrons. The first-order valence-electron chi connectivity index (χ1n) is 6.12. The first kappa shape index (κ1) is 13.5. The van der Waals surface area contributed by atoms with Crippen LogP contribution in [-0.4, -0.2) is 46.8 Å². The molecule has 2 heterocycles. The lowest BCUT2D eigenvalue weighted by Crippen LogP contribution is -2.38. The minimum atomic E-state index is -0.893. The van der Waals surface area contributed by atoms with Crippen LogP contribution in [0.1, 0.15) is 30.7 Å². The van der Waals surface area contributed by atoms with E-state index in [9.17, 15) is 4.79 Å². The third-order valence-corrected chi connectivity index (χ3v) is 4.28. The Kier molecular flexibility index (Phi) is 4.68. The SMILES string of the molecule is CC(c1cncs1)N1CCC(OCC(=O)O)CC1. The largest absolute Gasteiger partial charge is 0.480 e.